The van der Waals surface area contributed by atoms with E-state index in [4.69, 9.17) is 12.2 Å². The quantitative estimate of drug-likeness (QED) is 0.317. The highest BCUT2D eigenvalue weighted by Crippen LogP contribution is 2.23. The molecule has 0 radical (unpaired) electrons. The molecule has 1 heterocycles. The summed E-state index contributed by atoms with van der Waals surface area (Å²) in [7, 11) is -3.95. The van der Waals surface area contributed by atoms with Crippen LogP contribution < -0.4 is 15.6 Å². The minimum absolute atomic E-state index is 0.0256. The first-order chi connectivity index (χ1) is 14.2. The number of halogens is 2. The van der Waals surface area contributed by atoms with Crippen LogP contribution >= 0.6 is 12.2 Å². The molecule has 0 unspecified atom stereocenters. The number of tetrazole rings is 1. The lowest BCUT2D eigenvalue weighted by molar-refractivity contribution is -0.131. The van der Waals surface area contributed by atoms with Crippen molar-refractivity contribution in [1.29, 1.82) is 0 Å². The summed E-state index contributed by atoms with van der Waals surface area (Å²) in [5, 5.41) is 9.74. The summed E-state index contributed by atoms with van der Waals surface area (Å²) in [6.45, 7) is 1.62. The monoisotopic (exact) mass is 455 g/mol. The van der Waals surface area contributed by atoms with Crippen LogP contribution in [0.15, 0.2) is 47.4 Å². The summed E-state index contributed by atoms with van der Waals surface area (Å²) in [5.41, 5.74) is 5.66. The van der Waals surface area contributed by atoms with Gasteiger partial charge >= 0.3 is 12.3 Å². The lowest BCUT2D eigenvalue weighted by Crippen LogP contribution is -2.34. The first-order valence-electron chi connectivity index (χ1n) is 8.25. The molecular weight excluding hydrogens is 440 g/mol. The molecule has 30 heavy (non-hydrogen) atoms. The molecule has 0 fully saturated rings. The number of nitrogens with one attached hydrogen (secondary N) is 4. The number of aryl methyl sites for hydroxylation is 1. The summed E-state index contributed by atoms with van der Waals surface area (Å²) in [4.78, 5) is 10.9. The fraction of sp³-hybridized carbons (Fsp3) is 0.125. The molecule has 0 aliphatic heterocycles. The van der Waals surface area contributed by atoms with E-state index in [1.807, 2.05) is 5.43 Å². The van der Waals surface area contributed by atoms with E-state index >= 15 is 0 Å². The number of hydrogen-bond acceptors (Lipinski definition) is 7. The van der Waals surface area contributed by atoms with Crippen molar-refractivity contribution in [2.75, 3.05) is 10.1 Å². The lowest BCUT2D eigenvalue weighted by atomic mass is 10.2. The molecule has 14 heteroatoms. The van der Waals surface area contributed by atoms with Crippen LogP contribution in [-0.4, -0.2) is 41.0 Å². The van der Waals surface area contributed by atoms with Crippen LogP contribution in [0.5, 0.6) is 0 Å². The number of sulfonamides is 1. The summed E-state index contributed by atoms with van der Waals surface area (Å²) in [5.74, 6) is -1.48. The smallest absolute Gasteiger partial charge is 0.298 e. The van der Waals surface area contributed by atoms with Crippen molar-refractivity contribution in [3.63, 3.8) is 0 Å². The topological polar surface area (TPSA) is 134 Å². The van der Waals surface area contributed by atoms with E-state index in [2.05, 4.69) is 25.7 Å². The largest absolute Gasteiger partial charge is 0.317 e. The van der Waals surface area contributed by atoms with E-state index in [1.54, 1.807) is 13.0 Å². The number of anilines is 2. The highest BCUT2D eigenvalue weighted by atomic mass is 32.2. The second kappa shape index (κ2) is 8.54. The van der Waals surface area contributed by atoms with Gasteiger partial charge in [-0.05, 0) is 61.1 Å². The van der Waals surface area contributed by atoms with Gasteiger partial charge in [0.2, 0.25) is 4.77 Å². The van der Waals surface area contributed by atoms with Crippen LogP contribution in [0, 0.1) is 11.7 Å². The molecule has 0 saturated carbocycles. The number of carbonyl (C=O) groups excluding carboxylic acids is 1. The first kappa shape index (κ1) is 21.3. The van der Waals surface area contributed by atoms with Gasteiger partial charge in [0.1, 0.15) is 0 Å². The zero-order chi connectivity index (χ0) is 21.9. The number of benzene rings is 2. The van der Waals surface area contributed by atoms with E-state index in [0.717, 1.165) is 0 Å². The van der Waals surface area contributed by atoms with Gasteiger partial charge in [-0.15, -0.1) is 0 Å². The number of aromatic amines is 1. The third-order valence-corrected chi connectivity index (χ3v) is 5.48. The van der Waals surface area contributed by atoms with Crippen LogP contribution in [0.4, 0.5) is 20.2 Å². The summed E-state index contributed by atoms with van der Waals surface area (Å²) < 4.78 is 54.0. The zero-order valence-corrected chi connectivity index (χ0v) is 16.9. The van der Waals surface area contributed by atoms with Crippen molar-refractivity contribution < 1.29 is 22.0 Å². The van der Waals surface area contributed by atoms with Crippen LogP contribution in [0.25, 0.3) is 5.69 Å². The van der Waals surface area contributed by atoms with Gasteiger partial charge in [-0.1, -0.05) is 16.4 Å². The average molecular weight is 455 g/mol. The molecule has 0 aliphatic rings. The van der Waals surface area contributed by atoms with Crippen LogP contribution in [-0.2, 0) is 14.8 Å². The second-order valence-electron chi connectivity index (χ2n) is 5.97. The number of amides is 1. The van der Waals surface area contributed by atoms with Gasteiger partial charge in [-0.2, -0.15) is 14.0 Å². The Hall–Kier alpha value is -3.39. The number of H-pyrrole nitrogens is 1. The molecule has 3 rings (SSSR count). The van der Waals surface area contributed by atoms with Crippen molar-refractivity contribution in [3.8, 4) is 5.69 Å². The molecular formula is C16H15F2N7O3S2. The summed E-state index contributed by atoms with van der Waals surface area (Å²) in [6, 6.07) is 10.3. The van der Waals surface area contributed by atoms with Gasteiger partial charge in [0.15, 0.2) is 0 Å². The molecule has 3 aromatic rings. The molecule has 1 aromatic heterocycles. The van der Waals surface area contributed by atoms with Crippen LogP contribution in [0.3, 0.4) is 0 Å². The Morgan fingerprint density at radius 3 is 2.63 bits per heavy atom. The van der Waals surface area contributed by atoms with Gasteiger partial charge < -0.3 is 0 Å². The van der Waals surface area contributed by atoms with Crippen molar-refractivity contribution in [1.82, 2.24) is 25.6 Å². The molecule has 4 N–H and O–H groups in total. The predicted octanol–water partition coefficient (Wildman–Crippen LogP) is 2.14. The highest BCUT2D eigenvalue weighted by Gasteiger charge is 2.17. The number of nitrogens with zero attached hydrogens (tertiary/aromatic N) is 3. The number of rotatable bonds is 7. The van der Waals surface area contributed by atoms with Gasteiger partial charge in [0.05, 0.1) is 22.0 Å². The third-order valence-electron chi connectivity index (χ3n) is 3.86. The molecule has 0 bridgehead atoms. The summed E-state index contributed by atoms with van der Waals surface area (Å²) in [6.07, 6.45) is -3.16. The minimum atomic E-state index is -3.95. The first-order valence-corrected chi connectivity index (χ1v) is 10.1. The van der Waals surface area contributed by atoms with Crippen molar-refractivity contribution in [2.45, 2.75) is 18.2 Å². The third kappa shape index (κ3) is 4.77. The fourth-order valence-corrected chi connectivity index (χ4v) is 3.76. The van der Waals surface area contributed by atoms with E-state index in [-0.39, 0.29) is 15.4 Å². The fourth-order valence-electron chi connectivity index (χ4n) is 2.40. The Balaban J connectivity index is 1.80. The minimum Gasteiger partial charge on any atom is -0.298 e. The molecule has 0 saturated heterocycles. The number of carbonyl (C=O) groups is 1. The van der Waals surface area contributed by atoms with Gasteiger partial charge in [0.25, 0.3) is 10.0 Å². The highest BCUT2D eigenvalue weighted by molar-refractivity contribution is 7.92. The lowest BCUT2D eigenvalue weighted by Gasteiger charge is -2.14. The Morgan fingerprint density at radius 1 is 1.23 bits per heavy atom. The van der Waals surface area contributed by atoms with Crippen molar-refractivity contribution in [2.24, 2.45) is 0 Å². The summed E-state index contributed by atoms with van der Waals surface area (Å²) >= 11 is 5.01. The Labute approximate surface area is 174 Å². The van der Waals surface area contributed by atoms with Gasteiger partial charge in [-0.3, -0.25) is 20.4 Å². The predicted molar refractivity (Wildman–Crippen MR) is 106 cm³/mol. The van der Waals surface area contributed by atoms with E-state index in [1.165, 1.54) is 41.1 Å². The average Bonchev–Trinajstić information content (AvgIpc) is 3.14. The maximum Gasteiger partial charge on any atom is 0.317 e. The van der Waals surface area contributed by atoms with Crippen LogP contribution in [0.1, 0.15) is 5.56 Å². The molecule has 158 valence electrons. The number of hydrazine groups is 1. The van der Waals surface area contributed by atoms with E-state index in [0.29, 0.717) is 16.9 Å². The SMILES string of the molecule is Cc1cc(NNC(=O)C(F)F)ccc1NS(=O)(=O)c1cccc(-n2[nH]nnc2=S)c1. The number of hydrogen-bond donors (Lipinski definition) is 4. The number of aromatic nitrogens is 4. The Kier molecular flexibility index (Phi) is 6.07. The van der Waals surface area contributed by atoms with Crippen molar-refractivity contribution >= 4 is 39.5 Å². The molecule has 0 aliphatic carbocycles. The Morgan fingerprint density at radius 2 is 2.00 bits per heavy atom. The maximum atomic E-state index is 12.8. The van der Waals surface area contributed by atoms with Crippen LogP contribution in [0.2, 0.25) is 0 Å². The van der Waals surface area contributed by atoms with Gasteiger partial charge in [-0.25, -0.2) is 13.1 Å². The molecule has 10 nitrogen and oxygen atoms in total. The normalized spacial score (nSPS) is 11.3. The van der Waals surface area contributed by atoms with Crippen molar-refractivity contribution in [3.05, 3.63) is 52.8 Å². The molecule has 0 spiro atoms. The van der Waals surface area contributed by atoms with E-state index < -0.39 is 22.4 Å². The number of alkyl halides is 2. The van der Waals surface area contributed by atoms with Gasteiger partial charge in [0, 0.05) is 0 Å². The molecule has 1 amide bonds. The zero-order valence-electron chi connectivity index (χ0n) is 15.3. The maximum absolute atomic E-state index is 12.8. The van der Waals surface area contributed by atoms with E-state index in [9.17, 15) is 22.0 Å². The standard InChI is InChI=1S/C16H15F2N7O3S2/c1-9-7-10(19-20-15(26)14(17)18)5-6-13(9)22-30(27,28)12-4-2-3-11(8-12)25-16(29)21-23-24-25/h2-8,14,19,22H,1H3,(H,20,26)(H,21,24,29). The molecule has 2 aromatic carbocycles. The molecule has 0 atom stereocenters. The second-order valence-corrected chi connectivity index (χ2v) is 8.01. The Bertz CT molecular complexity index is 1240.